The third kappa shape index (κ3) is 59.6. The molecule has 0 N–H and O–H groups in total. The van der Waals surface area contributed by atoms with Gasteiger partial charge >= 0.3 is 11.9 Å². The van der Waals surface area contributed by atoms with Crippen molar-refractivity contribution in [2.24, 2.45) is 0 Å². The van der Waals surface area contributed by atoms with Gasteiger partial charge in [0, 0.05) is 12.8 Å². The first-order chi connectivity index (χ1) is 38.1. The number of quaternary nitrogens is 1. The van der Waals surface area contributed by atoms with Crippen LogP contribution in [0.4, 0.5) is 0 Å². The fraction of sp³-hybridized carbons (Fsp3) is 0.696. The quantitative estimate of drug-likeness (QED) is 0.0195. The number of carboxylic acid groups (broad SMARTS) is 1. The molecule has 0 rings (SSSR count). The van der Waals surface area contributed by atoms with E-state index in [9.17, 15) is 19.5 Å². The molecule has 0 heterocycles. The minimum Gasteiger partial charge on any atom is -0.545 e. The summed E-state index contributed by atoms with van der Waals surface area (Å²) < 4.78 is 22.7. The van der Waals surface area contributed by atoms with Crippen molar-refractivity contribution < 1.29 is 42.9 Å². The van der Waals surface area contributed by atoms with Gasteiger partial charge in [-0.25, -0.2) is 0 Å². The van der Waals surface area contributed by atoms with E-state index in [0.717, 1.165) is 77.0 Å². The monoisotopic (exact) mass is 1090 g/mol. The molecule has 0 aromatic rings. The number of aliphatic carboxylic acids is 1. The molecule has 78 heavy (non-hydrogen) atoms. The van der Waals surface area contributed by atoms with Gasteiger partial charge in [0.1, 0.15) is 13.2 Å². The Morgan fingerprint density at radius 1 is 0.397 bits per heavy atom. The molecule has 0 saturated carbocycles. The number of unbranched alkanes of at least 4 members (excludes halogenated alkanes) is 24. The maximum Gasteiger partial charge on any atom is 0.306 e. The van der Waals surface area contributed by atoms with E-state index in [1.807, 2.05) is 21.1 Å². The molecule has 0 aliphatic rings. The molecule has 0 saturated heterocycles. The zero-order valence-electron chi connectivity index (χ0n) is 50.8. The SMILES string of the molecule is CC/C=C\C/C=C\C/C=C\C/C=C\C/C=C\C/C=C\C/C=C\C/C=C\C/C=C\CCCC(=O)OC(COC(=O)CCCCCCCCCCCCCCCCCCCCCCCCCC)COC(OCC[N+](C)(C)C)C(=O)[O-]. The Hall–Kier alpha value is -4.05. The van der Waals surface area contributed by atoms with Gasteiger partial charge in [0.2, 0.25) is 0 Å². The molecule has 0 amide bonds. The highest BCUT2D eigenvalue weighted by atomic mass is 16.7. The number of rotatable bonds is 57. The number of hydrogen-bond donors (Lipinski definition) is 0. The number of nitrogens with zero attached hydrogens (tertiary/aromatic N) is 1. The summed E-state index contributed by atoms with van der Waals surface area (Å²) >= 11 is 0. The number of carbonyl (C=O) groups is 3. The van der Waals surface area contributed by atoms with Crippen LogP contribution in [0.1, 0.15) is 251 Å². The second-order valence-electron chi connectivity index (χ2n) is 22.0. The summed E-state index contributed by atoms with van der Waals surface area (Å²) in [7, 11) is 5.90. The first-order valence-corrected chi connectivity index (χ1v) is 31.5. The predicted octanol–water partition coefficient (Wildman–Crippen LogP) is 17.7. The molecule has 2 atom stereocenters. The maximum atomic E-state index is 12.9. The van der Waals surface area contributed by atoms with Crippen LogP contribution < -0.4 is 5.11 Å². The molecule has 0 aliphatic carbocycles. The fourth-order valence-corrected chi connectivity index (χ4v) is 8.48. The van der Waals surface area contributed by atoms with Crippen LogP contribution in [0.25, 0.3) is 0 Å². The zero-order valence-corrected chi connectivity index (χ0v) is 50.8. The van der Waals surface area contributed by atoms with Crippen LogP contribution in [0.3, 0.4) is 0 Å². The van der Waals surface area contributed by atoms with Gasteiger partial charge in [0.05, 0.1) is 40.3 Å². The normalized spacial score (nSPS) is 13.5. The minimum absolute atomic E-state index is 0.132. The number of esters is 2. The van der Waals surface area contributed by atoms with Gasteiger partial charge < -0.3 is 33.3 Å². The number of allylic oxidation sites excluding steroid dienone is 18. The predicted molar refractivity (Wildman–Crippen MR) is 329 cm³/mol. The van der Waals surface area contributed by atoms with Crippen molar-refractivity contribution >= 4 is 17.9 Å². The molecule has 446 valence electrons. The largest absolute Gasteiger partial charge is 0.545 e. The minimum atomic E-state index is -1.64. The topological polar surface area (TPSA) is 111 Å². The molecular formula is C69H117NO8. The Morgan fingerprint density at radius 2 is 0.731 bits per heavy atom. The fourth-order valence-electron chi connectivity index (χ4n) is 8.48. The molecule has 0 spiro atoms. The summed E-state index contributed by atoms with van der Waals surface area (Å²) in [6.07, 6.45) is 78.7. The smallest absolute Gasteiger partial charge is 0.306 e. The Morgan fingerprint density at radius 3 is 1.08 bits per heavy atom. The second-order valence-corrected chi connectivity index (χ2v) is 22.0. The Labute approximate surface area is 479 Å². The standard InChI is InChI=1S/C69H117NO8/c1-6-8-10-12-14-16-18-20-22-24-26-28-30-32-33-34-35-36-38-40-42-44-46-48-50-52-54-56-58-60-67(72)78-65(64-77-69(68(73)74)75-62-61-70(3,4)5)63-76-66(71)59-57-55-53-51-49-47-45-43-41-39-37-31-29-27-25-23-21-19-17-15-13-11-9-7-2/h8,10,14,16,20,22,26,28,32-33,35-36,40,42,46,48,52,54,65,69H,6-7,9,11-13,15,17-19,21,23-25,27,29-31,34,37-39,41,43-45,47,49-51,53,55-64H2,1-5H3/b10-8-,16-14-,22-20-,28-26-,33-32-,36-35-,42-40-,48-46-,54-52-. The molecule has 0 aromatic heterocycles. The van der Waals surface area contributed by atoms with Crippen LogP contribution in [0, 0.1) is 0 Å². The molecule has 0 aromatic carbocycles. The molecular weight excluding hydrogens is 971 g/mol. The first kappa shape index (κ1) is 74.0. The van der Waals surface area contributed by atoms with Crippen molar-refractivity contribution in [1.29, 1.82) is 0 Å². The lowest BCUT2D eigenvalue weighted by atomic mass is 10.0. The highest BCUT2D eigenvalue weighted by Crippen LogP contribution is 2.17. The zero-order chi connectivity index (χ0) is 56.9. The highest BCUT2D eigenvalue weighted by molar-refractivity contribution is 5.70. The second kappa shape index (κ2) is 59.1. The molecule has 0 bridgehead atoms. The van der Waals surface area contributed by atoms with Crippen molar-refractivity contribution in [3.05, 3.63) is 109 Å². The van der Waals surface area contributed by atoms with Crippen LogP contribution in [0.2, 0.25) is 0 Å². The van der Waals surface area contributed by atoms with E-state index in [1.165, 1.54) is 135 Å². The van der Waals surface area contributed by atoms with Gasteiger partial charge in [-0.2, -0.15) is 0 Å². The van der Waals surface area contributed by atoms with Crippen LogP contribution in [0.15, 0.2) is 109 Å². The Kier molecular flexibility index (Phi) is 56.0. The molecule has 0 radical (unpaired) electrons. The lowest BCUT2D eigenvalue weighted by Crippen LogP contribution is -2.44. The molecule has 2 unspecified atom stereocenters. The van der Waals surface area contributed by atoms with E-state index in [-0.39, 0.29) is 38.6 Å². The van der Waals surface area contributed by atoms with E-state index in [4.69, 9.17) is 18.9 Å². The third-order valence-electron chi connectivity index (χ3n) is 13.3. The summed E-state index contributed by atoms with van der Waals surface area (Å²) in [6.45, 7) is 4.58. The average Bonchev–Trinajstić information content (AvgIpc) is 3.41. The van der Waals surface area contributed by atoms with Crippen LogP contribution in [-0.2, 0) is 33.3 Å². The van der Waals surface area contributed by atoms with E-state index in [2.05, 4.69) is 123 Å². The van der Waals surface area contributed by atoms with E-state index in [0.29, 0.717) is 23.9 Å². The lowest BCUT2D eigenvalue weighted by molar-refractivity contribution is -0.870. The van der Waals surface area contributed by atoms with E-state index in [1.54, 1.807) is 0 Å². The number of carboxylic acids is 1. The Bertz CT molecular complexity index is 1640. The van der Waals surface area contributed by atoms with Crippen molar-refractivity contribution in [3.63, 3.8) is 0 Å². The molecule has 9 nitrogen and oxygen atoms in total. The Balaban J connectivity index is 4.32. The van der Waals surface area contributed by atoms with Crippen molar-refractivity contribution in [1.82, 2.24) is 0 Å². The van der Waals surface area contributed by atoms with Crippen LogP contribution in [0.5, 0.6) is 0 Å². The molecule has 9 heteroatoms. The van der Waals surface area contributed by atoms with Gasteiger partial charge in [0.15, 0.2) is 12.4 Å². The van der Waals surface area contributed by atoms with Crippen molar-refractivity contribution in [2.45, 2.75) is 264 Å². The van der Waals surface area contributed by atoms with Crippen molar-refractivity contribution in [2.75, 3.05) is 47.5 Å². The lowest BCUT2D eigenvalue weighted by Gasteiger charge is -2.26. The van der Waals surface area contributed by atoms with Gasteiger partial charge in [-0.15, -0.1) is 0 Å². The van der Waals surface area contributed by atoms with Gasteiger partial charge in [-0.05, 0) is 77.0 Å². The summed E-state index contributed by atoms with van der Waals surface area (Å²) in [5, 5.41) is 11.8. The van der Waals surface area contributed by atoms with Crippen LogP contribution in [-0.4, -0.2) is 82.3 Å². The third-order valence-corrected chi connectivity index (χ3v) is 13.3. The van der Waals surface area contributed by atoms with Crippen molar-refractivity contribution in [3.8, 4) is 0 Å². The number of hydrogen-bond acceptors (Lipinski definition) is 8. The number of likely N-dealkylation sites (N-methyl/N-ethyl adjacent to an activating group) is 1. The average molecular weight is 1090 g/mol. The summed E-state index contributed by atoms with van der Waals surface area (Å²) in [4.78, 5) is 37.4. The van der Waals surface area contributed by atoms with E-state index >= 15 is 0 Å². The first-order valence-electron chi connectivity index (χ1n) is 31.5. The van der Waals surface area contributed by atoms with Gasteiger partial charge in [-0.1, -0.05) is 271 Å². The summed E-state index contributed by atoms with van der Waals surface area (Å²) in [5.74, 6) is -2.37. The maximum absolute atomic E-state index is 12.9. The van der Waals surface area contributed by atoms with Crippen LogP contribution >= 0.6 is 0 Å². The number of carbonyl (C=O) groups excluding carboxylic acids is 3. The molecule has 0 fully saturated rings. The van der Waals surface area contributed by atoms with Gasteiger partial charge in [-0.3, -0.25) is 9.59 Å². The number of ether oxygens (including phenoxy) is 4. The van der Waals surface area contributed by atoms with Gasteiger partial charge in [0.25, 0.3) is 0 Å². The summed E-state index contributed by atoms with van der Waals surface area (Å²) in [6, 6.07) is 0. The summed E-state index contributed by atoms with van der Waals surface area (Å²) in [5.41, 5.74) is 0. The van der Waals surface area contributed by atoms with E-state index < -0.39 is 24.3 Å². The molecule has 0 aliphatic heterocycles. The highest BCUT2D eigenvalue weighted by Gasteiger charge is 2.22.